The van der Waals surface area contributed by atoms with Gasteiger partial charge in [0.15, 0.2) is 11.5 Å². The van der Waals surface area contributed by atoms with Crippen LogP contribution in [0.4, 0.5) is 0 Å². The molecule has 0 unspecified atom stereocenters. The second-order valence-corrected chi connectivity index (χ2v) is 6.42. The quantitative estimate of drug-likeness (QED) is 0.774. The molecule has 124 valence electrons. The number of benzene rings is 1. The highest BCUT2D eigenvalue weighted by Gasteiger charge is 2.28. The number of carbonyl (C=O) groups is 1. The van der Waals surface area contributed by atoms with Crippen molar-refractivity contribution in [3.63, 3.8) is 0 Å². The molecule has 1 atom stereocenters. The molecule has 22 heavy (non-hydrogen) atoms. The molecule has 5 nitrogen and oxygen atoms in total. The predicted molar refractivity (Wildman–Crippen MR) is 88.1 cm³/mol. The van der Waals surface area contributed by atoms with Crippen LogP contribution in [0, 0.1) is 5.41 Å². The summed E-state index contributed by atoms with van der Waals surface area (Å²) in [5, 5.41) is 3.22. The van der Waals surface area contributed by atoms with E-state index in [0.29, 0.717) is 18.9 Å². The average Bonchev–Trinajstić information content (AvgIpc) is 2.43. The third-order valence-electron chi connectivity index (χ3n) is 3.35. The van der Waals surface area contributed by atoms with Crippen molar-refractivity contribution >= 4 is 5.91 Å². The second-order valence-electron chi connectivity index (χ2n) is 6.42. The summed E-state index contributed by atoms with van der Waals surface area (Å²) >= 11 is 0. The minimum Gasteiger partial charge on any atom is -0.493 e. The summed E-state index contributed by atoms with van der Waals surface area (Å²) in [6.45, 7) is 9.20. The molecule has 0 saturated heterocycles. The lowest BCUT2D eigenvalue weighted by atomic mass is 9.86. The van der Waals surface area contributed by atoms with Crippen LogP contribution >= 0.6 is 0 Å². The van der Waals surface area contributed by atoms with Crippen LogP contribution in [0.5, 0.6) is 11.5 Å². The Kier molecular flexibility index (Phi) is 6.68. The van der Waals surface area contributed by atoms with E-state index < -0.39 is 6.04 Å². The number of ether oxygens (including phenoxy) is 2. The van der Waals surface area contributed by atoms with Gasteiger partial charge in [-0.1, -0.05) is 33.8 Å². The number of methoxy groups -OCH3 is 1. The summed E-state index contributed by atoms with van der Waals surface area (Å²) in [6, 6.07) is 5.37. The number of rotatable bonds is 8. The molecule has 3 N–H and O–H groups in total. The third kappa shape index (κ3) is 5.22. The highest BCUT2D eigenvalue weighted by Crippen LogP contribution is 2.28. The van der Waals surface area contributed by atoms with Crippen molar-refractivity contribution in [3.05, 3.63) is 23.8 Å². The summed E-state index contributed by atoms with van der Waals surface area (Å²) in [4.78, 5) is 11.6. The first-order valence-corrected chi connectivity index (χ1v) is 7.62. The number of primary amides is 1. The molecule has 0 aliphatic heterocycles. The molecule has 1 aromatic rings. The van der Waals surface area contributed by atoms with Crippen LogP contribution in [0.2, 0.25) is 0 Å². The Bertz CT molecular complexity index is 495. The molecule has 5 heteroatoms. The van der Waals surface area contributed by atoms with Gasteiger partial charge < -0.3 is 20.5 Å². The van der Waals surface area contributed by atoms with Gasteiger partial charge >= 0.3 is 0 Å². The zero-order valence-corrected chi connectivity index (χ0v) is 14.2. The van der Waals surface area contributed by atoms with Gasteiger partial charge in [0.1, 0.15) is 0 Å². The Morgan fingerprint density at radius 3 is 2.50 bits per heavy atom. The van der Waals surface area contributed by atoms with E-state index in [2.05, 4.69) is 12.2 Å². The number of carbonyl (C=O) groups excluding carboxylic acids is 1. The first-order chi connectivity index (χ1) is 10.3. The van der Waals surface area contributed by atoms with Gasteiger partial charge in [0.25, 0.3) is 0 Å². The largest absolute Gasteiger partial charge is 0.493 e. The lowest BCUT2D eigenvalue weighted by Gasteiger charge is -2.29. The maximum absolute atomic E-state index is 11.6. The van der Waals surface area contributed by atoms with Crippen LogP contribution in [0.1, 0.15) is 39.7 Å². The van der Waals surface area contributed by atoms with Crippen molar-refractivity contribution in [1.82, 2.24) is 5.32 Å². The van der Waals surface area contributed by atoms with Crippen molar-refractivity contribution in [3.8, 4) is 11.5 Å². The normalized spacial score (nSPS) is 12.8. The highest BCUT2D eigenvalue weighted by molar-refractivity contribution is 5.80. The molecule has 0 aliphatic carbocycles. The van der Waals surface area contributed by atoms with Gasteiger partial charge in [-0.05, 0) is 29.5 Å². The summed E-state index contributed by atoms with van der Waals surface area (Å²) in [7, 11) is 1.62. The van der Waals surface area contributed by atoms with Crippen molar-refractivity contribution in [2.45, 2.75) is 46.7 Å². The average molecular weight is 308 g/mol. The van der Waals surface area contributed by atoms with Gasteiger partial charge in [-0.25, -0.2) is 0 Å². The fourth-order valence-electron chi connectivity index (χ4n) is 2.21. The summed E-state index contributed by atoms with van der Waals surface area (Å²) in [5.41, 5.74) is 6.25. The molecule has 0 aliphatic rings. The Morgan fingerprint density at radius 1 is 1.32 bits per heavy atom. The van der Waals surface area contributed by atoms with E-state index >= 15 is 0 Å². The maximum Gasteiger partial charge on any atom is 0.235 e. The number of hydrogen-bond donors (Lipinski definition) is 2. The summed E-state index contributed by atoms with van der Waals surface area (Å²) in [5.74, 6) is 1.08. The molecule has 0 radical (unpaired) electrons. The molecular formula is C17H28N2O3. The van der Waals surface area contributed by atoms with E-state index in [0.717, 1.165) is 17.7 Å². The smallest absolute Gasteiger partial charge is 0.235 e. The fourth-order valence-corrected chi connectivity index (χ4v) is 2.21. The minimum atomic E-state index is -0.394. The van der Waals surface area contributed by atoms with Crippen molar-refractivity contribution in [2.75, 3.05) is 13.7 Å². The van der Waals surface area contributed by atoms with Crippen LogP contribution < -0.4 is 20.5 Å². The molecule has 0 saturated carbocycles. The molecule has 0 heterocycles. The van der Waals surface area contributed by atoms with Crippen LogP contribution in [-0.4, -0.2) is 25.7 Å². The molecule has 1 aromatic carbocycles. The maximum atomic E-state index is 11.6. The molecule has 0 bridgehead atoms. The second kappa shape index (κ2) is 8.03. The van der Waals surface area contributed by atoms with Crippen molar-refractivity contribution < 1.29 is 14.3 Å². The van der Waals surface area contributed by atoms with E-state index in [1.54, 1.807) is 7.11 Å². The predicted octanol–water partition coefficient (Wildman–Crippen LogP) is 2.47. The Balaban J connectivity index is 2.79. The van der Waals surface area contributed by atoms with Gasteiger partial charge in [-0.3, -0.25) is 4.79 Å². The van der Waals surface area contributed by atoms with Crippen molar-refractivity contribution in [2.24, 2.45) is 11.1 Å². The van der Waals surface area contributed by atoms with Gasteiger partial charge in [-0.2, -0.15) is 0 Å². The van der Waals surface area contributed by atoms with E-state index in [1.807, 2.05) is 39.0 Å². The van der Waals surface area contributed by atoms with Crippen LogP contribution in [0.15, 0.2) is 18.2 Å². The number of nitrogens with one attached hydrogen (secondary N) is 1. The summed E-state index contributed by atoms with van der Waals surface area (Å²) in [6.07, 6.45) is 0.943. The van der Waals surface area contributed by atoms with E-state index in [-0.39, 0.29) is 11.3 Å². The Labute approximate surface area is 133 Å². The zero-order chi connectivity index (χ0) is 16.8. The number of hydrogen-bond acceptors (Lipinski definition) is 4. The minimum absolute atomic E-state index is 0.236. The lowest BCUT2D eigenvalue weighted by Crippen LogP contribution is -2.49. The molecule has 1 amide bonds. The van der Waals surface area contributed by atoms with Crippen LogP contribution in [0.25, 0.3) is 0 Å². The van der Waals surface area contributed by atoms with E-state index in [9.17, 15) is 4.79 Å². The van der Waals surface area contributed by atoms with E-state index in [4.69, 9.17) is 15.2 Å². The van der Waals surface area contributed by atoms with Crippen LogP contribution in [0.3, 0.4) is 0 Å². The van der Waals surface area contributed by atoms with Gasteiger partial charge in [0.2, 0.25) is 5.91 Å². The topological polar surface area (TPSA) is 73.6 Å². The van der Waals surface area contributed by atoms with Crippen molar-refractivity contribution in [1.29, 1.82) is 0 Å². The number of nitrogens with two attached hydrogens (primary N) is 1. The highest BCUT2D eigenvalue weighted by atomic mass is 16.5. The zero-order valence-electron chi connectivity index (χ0n) is 14.2. The molecule has 0 aromatic heterocycles. The molecule has 0 fully saturated rings. The van der Waals surface area contributed by atoms with Crippen LogP contribution in [-0.2, 0) is 11.3 Å². The van der Waals surface area contributed by atoms with E-state index in [1.165, 1.54) is 0 Å². The summed E-state index contributed by atoms with van der Waals surface area (Å²) < 4.78 is 11.0. The van der Waals surface area contributed by atoms with Gasteiger partial charge in [0, 0.05) is 6.54 Å². The third-order valence-corrected chi connectivity index (χ3v) is 3.35. The lowest BCUT2D eigenvalue weighted by molar-refractivity contribution is -0.122. The first kappa shape index (κ1) is 18.3. The van der Waals surface area contributed by atoms with Gasteiger partial charge in [0.05, 0.1) is 19.8 Å². The monoisotopic (exact) mass is 308 g/mol. The first-order valence-electron chi connectivity index (χ1n) is 7.62. The number of amides is 1. The molecule has 1 rings (SSSR count). The standard InChI is InChI=1S/C17H28N2O3/c1-6-9-22-13-8-7-12(10-14(13)21-5)11-19-15(16(18)20)17(2,3)4/h7-8,10,15,19H,6,9,11H2,1-5H3,(H2,18,20)/t15-/m1/s1. The fraction of sp³-hybridized carbons (Fsp3) is 0.588. The van der Waals surface area contributed by atoms with Gasteiger partial charge in [-0.15, -0.1) is 0 Å². The molecule has 0 spiro atoms. The molecular weight excluding hydrogens is 280 g/mol. The SMILES string of the molecule is CCCOc1ccc(CN[C@H](C(N)=O)C(C)(C)C)cc1OC. The Morgan fingerprint density at radius 2 is 2.00 bits per heavy atom. The Hall–Kier alpha value is -1.75.